The molecule has 0 saturated heterocycles. The molecule has 2 aromatic rings. The quantitative estimate of drug-likeness (QED) is 0.710. The van der Waals surface area contributed by atoms with Crippen LogP contribution in [0.3, 0.4) is 0 Å². The van der Waals surface area contributed by atoms with E-state index in [0.717, 1.165) is 4.83 Å². The molecule has 0 unspecified atom stereocenters. The second-order valence-electron chi connectivity index (χ2n) is 2.59. The molecule has 0 aromatic carbocycles. The summed E-state index contributed by atoms with van der Waals surface area (Å²) in [5.74, 6) is -0.425. The topological polar surface area (TPSA) is 78.1 Å². The number of methoxy groups -OCH3 is 1. The van der Waals surface area contributed by atoms with Crippen LogP contribution in [0, 0.1) is 0 Å². The summed E-state index contributed by atoms with van der Waals surface area (Å²) >= 11 is 1.28. The number of nitrogen functional groups attached to an aromatic ring is 1. The van der Waals surface area contributed by atoms with Crippen molar-refractivity contribution in [2.45, 2.75) is 0 Å². The van der Waals surface area contributed by atoms with E-state index < -0.39 is 5.97 Å². The summed E-state index contributed by atoms with van der Waals surface area (Å²) in [6.07, 6.45) is 1.45. The van der Waals surface area contributed by atoms with Gasteiger partial charge in [-0.25, -0.2) is 14.8 Å². The fraction of sp³-hybridized carbons (Fsp3) is 0.125. The van der Waals surface area contributed by atoms with Gasteiger partial charge >= 0.3 is 5.97 Å². The molecule has 0 aliphatic rings. The SMILES string of the molecule is COC(=O)c1cnc2sc(N)nc2c1. The van der Waals surface area contributed by atoms with Crippen LogP contribution in [0.2, 0.25) is 0 Å². The first kappa shape index (κ1) is 8.89. The highest BCUT2D eigenvalue weighted by molar-refractivity contribution is 7.21. The monoisotopic (exact) mass is 209 g/mol. The minimum Gasteiger partial charge on any atom is -0.465 e. The van der Waals surface area contributed by atoms with Gasteiger partial charge in [-0.2, -0.15) is 0 Å². The van der Waals surface area contributed by atoms with Crippen LogP contribution < -0.4 is 5.73 Å². The van der Waals surface area contributed by atoms with E-state index in [2.05, 4.69) is 14.7 Å². The Morgan fingerprint density at radius 2 is 2.43 bits per heavy atom. The standard InChI is InChI=1S/C8H7N3O2S/c1-13-7(12)4-2-5-6(10-3-4)14-8(9)11-5/h2-3H,1H3,(H2,9,11). The lowest BCUT2D eigenvalue weighted by atomic mass is 10.3. The van der Waals surface area contributed by atoms with Crippen molar-refractivity contribution in [1.29, 1.82) is 0 Å². The Kier molecular flexibility index (Phi) is 2.05. The predicted molar refractivity (Wildman–Crippen MR) is 53.2 cm³/mol. The third-order valence-electron chi connectivity index (χ3n) is 1.69. The minimum absolute atomic E-state index is 0.380. The number of aromatic nitrogens is 2. The zero-order chi connectivity index (χ0) is 10.1. The van der Waals surface area contributed by atoms with Gasteiger partial charge in [0.05, 0.1) is 12.7 Å². The number of thiazole rings is 1. The van der Waals surface area contributed by atoms with Gasteiger partial charge in [0.2, 0.25) is 0 Å². The molecule has 0 radical (unpaired) electrons. The fourth-order valence-corrected chi connectivity index (χ4v) is 1.73. The van der Waals surface area contributed by atoms with Crippen LogP contribution in [-0.2, 0) is 4.74 Å². The zero-order valence-electron chi connectivity index (χ0n) is 7.35. The van der Waals surface area contributed by atoms with Gasteiger partial charge in [0.25, 0.3) is 0 Å². The van der Waals surface area contributed by atoms with Gasteiger partial charge in [0.1, 0.15) is 10.3 Å². The molecule has 0 saturated carbocycles. The molecule has 72 valence electrons. The van der Waals surface area contributed by atoms with Gasteiger partial charge in [-0.1, -0.05) is 11.3 Å². The predicted octanol–water partition coefficient (Wildman–Crippen LogP) is 1.06. The second kappa shape index (κ2) is 3.22. The molecule has 0 amide bonds. The average Bonchev–Trinajstić information content (AvgIpc) is 2.55. The molecular formula is C8H7N3O2S. The maximum absolute atomic E-state index is 11.1. The van der Waals surface area contributed by atoms with Crippen LogP contribution in [0.5, 0.6) is 0 Å². The number of rotatable bonds is 1. The van der Waals surface area contributed by atoms with Crippen LogP contribution in [0.25, 0.3) is 10.3 Å². The van der Waals surface area contributed by atoms with Crippen molar-refractivity contribution in [2.75, 3.05) is 12.8 Å². The van der Waals surface area contributed by atoms with Crippen LogP contribution in [0.15, 0.2) is 12.3 Å². The highest BCUT2D eigenvalue weighted by atomic mass is 32.1. The molecule has 0 spiro atoms. The van der Waals surface area contributed by atoms with E-state index in [1.54, 1.807) is 6.07 Å². The molecule has 14 heavy (non-hydrogen) atoms. The third kappa shape index (κ3) is 1.39. The van der Waals surface area contributed by atoms with E-state index in [1.807, 2.05) is 0 Å². The normalized spacial score (nSPS) is 10.4. The molecule has 2 heterocycles. The summed E-state index contributed by atoms with van der Waals surface area (Å²) in [5.41, 5.74) is 6.50. The first-order valence-electron chi connectivity index (χ1n) is 3.81. The molecule has 5 nitrogen and oxygen atoms in total. The largest absolute Gasteiger partial charge is 0.465 e. The van der Waals surface area contributed by atoms with Crippen molar-refractivity contribution in [3.63, 3.8) is 0 Å². The number of pyridine rings is 1. The van der Waals surface area contributed by atoms with Crippen LogP contribution >= 0.6 is 11.3 Å². The highest BCUT2D eigenvalue weighted by Crippen LogP contribution is 2.21. The molecular weight excluding hydrogens is 202 g/mol. The van der Waals surface area contributed by atoms with E-state index in [1.165, 1.54) is 24.6 Å². The number of hydrogen-bond donors (Lipinski definition) is 1. The number of esters is 1. The Bertz CT molecular complexity index is 494. The van der Waals surface area contributed by atoms with E-state index in [0.29, 0.717) is 16.2 Å². The maximum Gasteiger partial charge on any atom is 0.339 e. The lowest BCUT2D eigenvalue weighted by Crippen LogP contribution is -2.01. The van der Waals surface area contributed by atoms with Crippen molar-refractivity contribution < 1.29 is 9.53 Å². The van der Waals surface area contributed by atoms with Crippen LogP contribution in [0.4, 0.5) is 5.13 Å². The number of carbonyl (C=O) groups is 1. The van der Waals surface area contributed by atoms with E-state index in [-0.39, 0.29) is 0 Å². The summed E-state index contributed by atoms with van der Waals surface area (Å²) in [5, 5.41) is 0.439. The summed E-state index contributed by atoms with van der Waals surface area (Å²) in [6.45, 7) is 0. The van der Waals surface area contributed by atoms with Gasteiger partial charge in [-0.3, -0.25) is 0 Å². The smallest absolute Gasteiger partial charge is 0.339 e. The zero-order valence-corrected chi connectivity index (χ0v) is 8.17. The first-order valence-corrected chi connectivity index (χ1v) is 4.62. The van der Waals surface area contributed by atoms with Gasteiger partial charge in [0, 0.05) is 6.20 Å². The van der Waals surface area contributed by atoms with Crippen molar-refractivity contribution in [2.24, 2.45) is 0 Å². The number of anilines is 1. The van der Waals surface area contributed by atoms with Crippen molar-refractivity contribution in [3.8, 4) is 0 Å². The lowest BCUT2D eigenvalue weighted by Gasteiger charge is -1.96. The third-order valence-corrected chi connectivity index (χ3v) is 2.49. The molecule has 0 atom stereocenters. The Labute approximate surface area is 83.5 Å². The molecule has 2 rings (SSSR count). The lowest BCUT2D eigenvalue weighted by molar-refractivity contribution is 0.0600. The van der Waals surface area contributed by atoms with Gasteiger partial charge < -0.3 is 10.5 Å². The fourth-order valence-electron chi connectivity index (χ4n) is 1.07. The van der Waals surface area contributed by atoms with E-state index in [4.69, 9.17) is 5.73 Å². The minimum atomic E-state index is -0.425. The van der Waals surface area contributed by atoms with E-state index >= 15 is 0 Å². The second-order valence-corrected chi connectivity index (χ2v) is 3.60. The molecule has 0 aliphatic carbocycles. The average molecular weight is 209 g/mol. The van der Waals surface area contributed by atoms with E-state index in [9.17, 15) is 4.79 Å². The first-order chi connectivity index (χ1) is 6.70. The Morgan fingerprint density at radius 3 is 3.14 bits per heavy atom. The summed E-state index contributed by atoms with van der Waals surface area (Å²) in [6, 6.07) is 1.61. The Balaban J connectivity index is 2.55. The molecule has 0 aliphatic heterocycles. The maximum atomic E-state index is 11.1. The van der Waals surface area contributed by atoms with Crippen molar-refractivity contribution >= 4 is 32.8 Å². The summed E-state index contributed by atoms with van der Waals surface area (Å²) < 4.78 is 4.56. The molecule has 2 N–H and O–H groups in total. The van der Waals surface area contributed by atoms with Crippen LogP contribution in [0.1, 0.15) is 10.4 Å². The van der Waals surface area contributed by atoms with Gasteiger partial charge in [0.15, 0.2) is 5.13 Å². The van der Waals surface area contributed by atoms with Crippen molar-refractivity contribution in [1.82, 2.24) is 9.97 Å². The molecule has 2 aromatic heterocycles. The molecule has 0 fully saturated rings. The van der Waals surface area contributed by atoms with Crippen LogP contribution in [-0.4, -0.2) is 23.0 Å². The molecule has 0 bridgehead atoms. The number of hydrogen-bond acceptors (Lipinski definition) is 6. The van der Waals surface area contributed by atoms with Crippen molar-refractivity contribution in [3.05, 3.63) is 17.8 Å². The van der Waals surface area contributed by atoms with Gasteiger partial charge in [-0.15, -0.1) is 0 Å². The number of carbonyl (C=O) groups excluding carboxylic acids is 1. The molecule has 6 heteroatoms. The summed E-state index contributed by atoms with van der Waals surface area (Å²) in [4.78, 5) is 19.9. The number of fused-ring (bicyclic) bond motifs is 1. The number of nitrogens with zero attached hydrogens (tertiary/aromatic N) is 2. The summed E-state index contributed by atoms with van der Waals surface area (Å²) in [7, 11) is 1.32. The highest BCUT2D eigenvalue weighted by Gasteiger charge is 2.09. The number of nitrogens with two attached hydrogens (primary N) is 1. The van der Waals surface area contributed by atoms with Gasteiger partial charge in [-0.05, 0) is 6.07 Å². The number of ether oxygens (including phenoxy) is 1. The Hall–Kier alpha value is -1.69. The Morgan fingerprint density at radius 1 is 1.64 bits per heavy atom.